The van der Waals surface area contributed by atoms with Crippen LogP contribution in [-0.2, 0) is 0 Å². The van der Waals surface area contributed by atoms with E-state index in [0.29, 0.717) is 0 Å². The molecule has 0 aromatic heterocycles. The molecule has 0 bridgehead atoms. The lowest BCUT2D eigenvalue weighted by molar-refractivity contribution is 0.465. The first-order valence-corrected chi connectivity index (χ1v) is 5.49. The zero-order chi connectivity index (χ0) is 10.5. The third-order valence-electron chi connectivity index (χ3n) is 3.53. The molecule has 1 aromatic carbocycles. The van der Waals surface area contributed by atoms with Crippen molar-refractivity contribution in [3.05, 3.63) is 24.0 Å². The number of nitrogens with one attached hydrogen (secondary N) is 2. The van der Waals surface area contributed by atoms with Crippen molar-refractivity contribution in [2.24, 2.45) is 5.92 Å². The topological polar surface area (TPSA) is 24.1 Å². The molecule has 1 unspecified atom stereocenters. The summed E-state index contributed by atoms with van der Waals surface area (Å²) in [6, 6.07) is 4.87. The Morgan fingerprint density at radius 3 is 2.87 bits per heavy atom. The van der Waals surface area contributed by atoms with Crippen LogP contribution in [0.3, 0.4) is 0 Å². The summed E-state index contributed by atoms with van der Waals surface area (Å²) >= 11 is 0. The molecule has 1 fully saturated rings. The third kappa shape index (κ3) is 1.46. The SMILES string of the molecule is CC1(C2CC2)CNc2cc(F)ccc2N1. The summed E-state index contributed by atoms with van der Waals surface area (Å²) in [7, 11) is 0. The fraction of sp³-hybridized carbons (Fsp3) is 0.500. The van der Waals surface area contributed by atoms with Gasteiger partial charge < -0.3 is 10.6 Å². The van der Waals surface area contributed by atoms with Crippen LogP contribution in [-0.4, -0.2) is 12.1 Å². The molecule has 2 aliphatic rings. The van der Waals surface area contributed by atoms with Crippen molar-refractivity contribution in [1.82, 2.24) is 0 Å². The second kappa shape index (κ2) is 2.87. The van der Waals surface area contributed by atoms with E-state index in [0.717, 1.165) is 23.8 Å². The Morgan fingerprint density at radius 2 is 2.13 bits per heavy atom. The lowest BCUT2D eigenvalue weighted by Crippen LogP contribution is -2.47. The zero-order valence-electron chi connectivity index (χ0n) is 8.81. The van der Waals surface area contributed by atoms with Crippen LogP contribution in [0, 0.1) is 11.7 Å². The van der Waals surface area contributed by atoms with Crippen LogP contribution in [0.4, 0.5) is 15.8 Å². The minimum Gasteiger partial charge on any atom is -0.381 e. The monoisotopic (exact) mass is 206 g/mol. The Kier molecular flexibility index (Phi) is 1.73. The minimum absolute atomic E-state index is 0.144. The van der Waals surface area contributed by atoms with Gasteiger partial charge in [-0.25, -0.2) is 4.39 Å². The van der Waals surface area contributed by atoms with E-state index in [1.165, 1.54) is 18.9 Å². The first-order chi connectivity index (χ1) is 7.17. The summed E-state index contributed by atoms with van der Waals surface area (Å²) in [5.41, 5.74) is 2.05. The van der Waals surface area contributed by atoms with Crippen molar-refractivity contribution >= 4 is 11.4 Å². The van der Waals surface area contributed by atoms with E-state index in [1.807, 2.05) is 6.07 Å². The molecule has 1 aliphatic heterocycles. The molecule has 2 N–H and O–H groups in total. The van der Waals surface area contributed by atoms with E-state index in [1.54, 1.807) is 6.07 Å². The lowest BCUT2D eigenvalue weighted by atomic mass is 9.92. The molecule has 3 heteroatoms. The quantitative estimate of drug-likeness (QED) is 0.738. The van der Waals surface area contributed by atoms with Gasteiger partial charge in [-0.15, -0.1) is 0 Å². The van der Waals surface area contributed by atoms with E-state index in [-0.39, 0.29) is 11.4 Å². The third-order valence-corrected chi connectivity index (χ3v) is 3.53. The summed E-state index contributed by atoms with van der Waals surface area (Å²) in [4.78, 5) is 0. The van der Waals surface area contributed by atoms with Crippen LogP contribution in [0.15, 0.2) is 18.2 Å². The first kappa shape index (κ1) is 9.01. The summed E-state index contributed by atoms with van der Waals surface area (Å²) < 4.78 is 13.0. The maximum absolute atomic E-state index is 13.0. The largest absolute Gasteiger partial charge is 0.381 e. The van der Waals surface area contributed by atoms with Crippen LogP contribution in [0.1, 0.15) is 19.8 Å². The van der Waals surface area contributed by atoms with E-state index < -0.39 is 0 Å². The number of hydrogen-bond acceptors (Lipinski definition) is 2. The van der Waals surface area contributed by atoms with Crippen molar-refractivity contribution in [2.45, 2.75) is 25.3 Å². The Morgan fingerprint density at radius 1 is 1.33 bits per heavy atom. The first-order valence-electron chi connectivity index (χ1n) is 5.49. The van der Waals surface area contributed by atoms with Crippen molar-refractivity contribution in [1.29, 1.82) is 0 Å². The second-order valence-electron chi connectivity index (χ2n) is 4.86. The zero-order valence-corrected chi connectivity index (χ0v) is 8.81. The normalized spacial score (nSPS) is 28.9. The van der Waals surface area contributed by atoms with Gasteiger partial charge in [-0.3, -0.25) is 0 Å². The van der Waals surface area contributed by atoms with Crippen LogP contribution in [0.25, 0.3) is 0 Å². The van der Waals surface area contributed by atoms with Gasteiger partial charge in [0.05, 0.1) is 16.9 Å². The molecule has 0 amide bonds. The molecule has 2 nitrogen and oxygen atoms in total. The fourth-order valence-corrected chi connectivity index (χ4v) is 2.37. The molecule has 0 saturated heterocycles. The summed E-state index contributed by atoms with van der Waals surface area (Å²) in [6.07, 6.45) is 2.61. The molecule has 0 spiro atoms. The molecule has 1 aliphatic carbocycles. The summed E-state index contributed by atoms with van der Waals surface area (Å²) in [5.74, 6) is 0.585. The molecule has 1 atom stereocenters. The van der Waals surface area contributed by atoms with Gasteiger partial charge in [-0.2, -0.15) is 0 Å². The van der Waals surface area contributed by atoms with Crippen molar-refractivity contribution < 1.29 is 4.39 Å². The maximum Gasteiger partial charge on any atom is 0.125 e. The fourth-order valence-electron chi connectivity index (χ4n) is 2.37. The second-order valence-corrected chi connectivity index (χ2v) is 4.86. The van der Waals surface area contributed by atoms with E-state index in [9.17, 15) is 4.39 Å². The smallest absolute Gasteiger partial charge is 0.125 e. The number of halogens is 1. The van der Waals surface area contributed by atoms with Gasteiger partial charge in [0.1, 0.15) is 5.82 Å². The van der Waals surface area contributed by atoms with Crippen molar-refractivity contribution in [3.63, 3.8) is 0 Å². The molecule has 1 aromatic rings. The standard InChI is InChI=1S/C12H15FN2/c1-12(8-2-3-8)7-14-11-6-9(13)4-5-10(11)15-12/h4-6,8,14-15H,2-3,7H2,1H3. The van der Waals surface area contributed by atoms with Crippen LogP contribution >= 0.6 is 0 Å². The predicted octanol–water partition coefficient (Wildman–Crippen LogP) is 2.83. The number of benzene rings is 1. The Balaban J connectivity index is 1.92. The molecule has 80 valence electrons. The molecule has 3 rings (SSSR count). The minimum atomic E-state index is -0.182. The highest BCUT2D eigenvalue weighted by molar-refractivity contribution is 5.72. The average molecular weight is 206 g/mol. The highest BCUT2D eigenvalue weighted by Gasteiger charge is 2.43. The lowest BCUT2D eigenvalue weighted by Gasteiger charge is -2.38. The van der Waals surface area contributed by atoms with Gasteiger partial charge in [-0.1, -0.05) is 0 Å². The highest BCUT2D eigenvalue weighted by atomic mass is 19.1. The maximum atomic E-state index is 13.0. The molecule has 1 heterocycles. The molecule has 15 heavy (non-hydrogen) atoms. The highest BCUT2D eigenvalue weighted by Crippen LogP contribution is 2.44. The average Bonchev–Trinajstić information content (AvgIpc) is 3.02. The Bertz CT molecular complexity index is 401. The number of fused-ring (bicyclic) bond motifs is 1. The van der Waals surface area contributed by atoms with Crippen LogP contribution in [0.5, 0.6) is 0 Å². The van der Waals surface area contributed by atoms with E-state index in [2.05, 4.69) is 17.6 Å². The van der Waals surface area contributed by atoms with Gasteiger partial charge in [-0.05, 0) is 43.9 Å². The predicted molar refractivity (Wildman–Crippen MR) is 59.6 cm³/mol. The number of rotatable bonds is 1. The number of hydrogen-bond donors (Lipinski definition) is 2. The Hall–Kier alpha value is -1.25. The van der Waals surface area contributed by atoms with Crippen LogP contribution < -0.4 is 10.6 Å². The van der Waals surface area contributed by atoms with Crippen molar-refractivity contribution in [3.8, 4) is 0 Å². The van der Waals surface area contributed by atoms with Gasteiger partial charge in [0.15, 0.2) is 0 Å². The van der Waals surface area contributed by atoms with Gasteiger partial charge in [0.25, 0.3) is 0 Å². The van der Waals surface area contributed by atoms with Crippen molar-refractivity contribution in [2.75, 3.05) is 17.2 Å². The Labute approximate surface area is 88.9 Å². The number of anilines is 2. The molecule has 1 saturated carbocycles. The van der Waals surface area contributed by atoms with Gasteiger partial charge in [0.2, 0.25) is 0 Å². The molecular weight excluding hydrogens is 191 g/mol. The van der Waals surface area contributed by atoms with Gasteiger partial charge >= 0.3 is 0 Å². The van der Waals surface area contributed by atoms with E-state index >= 15 is 0 Å². The molecule has 0 radical (unpaired) electrons. The van der Waals surface area contributed by atoms with Crippen LogP contribution in [0.2, 0.25) is 0 Å². The van der Waals surface area contributed by atoms with Gasteiger partial charge in [0, 0.05) is 6.54 Å². The molecular formula is C12H15FN2. The summed E-state index contributed by atoms with van der Waals surface area (Å²) in [6.45, 7) is 3.12. The summed E-state index contributed by atoms with van der Waals surface area (Å²) in [5, 5.41) is 6.85. The van der Waals surface area contributed by atoms with E-state index in [4.69, 9.17) is 0 Å².